The van der Waals surface area contributed by atoms with Crippen LogP contribution in [0.3, 0.4) is 0 Å². The van der Waals surface area contributed by atoms with Crippen molar-refractivity contribution in [3.8, 4) is 0 Å². The zero-order valence-corrected chi connectivity index (χ0v) is 23.9. The Morgan fingerprint density at radius 1 is 1.00 bits per heavy atom. The third-order valence-corrected chi connectivity index (χ3v) is 10.6. The molecule has 0 N–H and O–H groups in total. The van der Waals surface area contributed by atoms with Crippen LogP contribution in [-0.4, -0.2) is 39.1 Å². The van der Waals surface area contributed by atoms with E-state index in [1.807, 2.05) is 0 Å². The number of esters is 2. The molecule has 6 heteroatoms. The van der Waals surface area contributed by atoms with Crippen LogP contribution in [0.15, 0.2) is 23.3 Å². The summed E-state index contributed by atoms with van der Waals surface area (Å²) in [5.41, 5.74) is 3.38. The molecule has 4 aliphatic rings. The van der Waals surface area contributed by atoms with Gasteiger partial charge in [-0.15, -0.1) is 0 Å². The van der Waals surface area contributed by atoms with E-state index in [9.17, 15) is 9.59 Å². The summed E-state index contributed by atoms with van der Waals surface area (Å²) in [5, 5.41) is 0. The monoisotopic (exact) mass is 502 g/mol. The second-order valence-corrected chi connectivity index (χ2v) is 17.4. The molecule has 0 aromatic carbocycles. The fraction of sp³-hybridized carbons (Fsp3) is 0.793. The third-order valence-electron chi connectivity index (χ3n) is 9.56. The Kier molecular flexibility index (Phi) is 7.47. The van der Waals surface area contributed by atoms with E-state index in [1.165, 1.54) is 37.8 Å². The lowest BCUT2D eigenvalue weighted by Gasteiger charge is -2.58. The Morgan fingerprint density at radius 2 is 1.71 bits per heavy atom. The molecule has 196 valence electrons. The van der Waals surface area contributed by atoms with Gasteiger partial charge in [0, 0.05) is 26.7 Å². The van der Waals surface area contributed by atoms with Crippen LogP contribution in [-0.2, 0) is 23.5 Å². The Balaban J connectivity index is 1.53. The van der Waals surface area contributed by atoms with E-state index in [0.717, 1.165) is 38.5 Å². The summed E-state index contributed by atoms with van der Waals surface area (Å²) < 4.78 is 17.7. The molecule has 0 heterocycles. The first-order chi connectivity index (χ1) is 16.3. The number of hydrogen-bond donors (Lipinski definition) is 0. The molecule has 0 radical (unpaired) electrons. The van der Waals surface area contributed by atoms with Gasteiger partial charge in [-0.2, -0.15) is 0 Å². The van der Waals surface area contributed by atoms with Crippen molar-refractivity contribution < 1.29 is 23.5 Å². The first-order valence-electron chi connectivity index (χ1n) is 13.7. The highest BCUT2D eigenvalue weighted by Gasteiger charge is 2.57. The molecule has 4 aliphatic carbocycles. The number of hydrogen-bond acceptors (Lipinski definition) is 5. The number of fused-ring (bicyclic) bond motifs is 5. The lowest BCUT2D eigenvalue weighted by atomic mass is 9.47. The van der Waals surface area contributed by atoms with E-state index < -0.39 is 8.32 Å². The van der Waals surface area contributed by atoms with Gasteiger partial charge < -0.3 is 13.9 Å². The van der Waals surface area contributed by atoms with Gasteiger partial charge in [0.15, 0.2) is 8.32 Å². The van der Waals surface area contributed by atoms with Crippen LogP contribution in [0, 0.1) is 28.6 Å². The molecule has 0 saturated heterocycles. The summed E-state index contributed by atoms with van der Waals surface area (Å²) in [6.07, 6.45) is 13.5. The van der Waals surface area contributed by atoms with Crippen molar-refractivity contribution in [1.82, 2.24) is 0 Å². The molecule has 0 aromatic heterocycles. The summed E-state index contributed by atoms with van der Waals surface area (Å²) in [6, 6.07) is 0. The molecule has 0 aromatic rings. The summed E-state index contributed by atoms with van der Waals surface area (Å²) in [6.45, 7) is 15.1. The maximum atomic E-state index is 11.5. The fourth-order valence-electron chi connectivity index (χ4n) is 8.08. The Hall–Kier alpha value is -1.40. The van der Waals surface area contributed by atoms with Crippen molar-refractivity contribution >= 4 is 20.3 Å². The molecular formula is C29H46O5Si. The number of carbonyl (C=O) groups is 2. The largest absolute Gasteiger partial charge is 0.466 e. The second kappa shape index (κ2) is 9.81. The van der Waals surface area contributed by atoms with Crippen molar-refractivity contribution in [2.45, 2.75) is 111 Å². The first kappa shape index (κ1) is 26.7. The van der Waals surface area contributed by atoms with Gasteiger partial charge in [-0.3, -0.25) is 9.59 Å². The number of rotatable bonds is 7. The maximum absolute atomic E-state index is 11.5. The van der Waals surface area contributed by atoms with E-state index in [1.54, 1.807) is 0 Å². The third kappa shape index (κ3) is 5.34. The van der Waals surface area contributed by atoms with E-state index in [4.69, 9.17) is 13.9 Å². The molecule has 4 rings (SSSR count). The molecule has 2 fully saturated rings. The normalized spacial score (nSPS) is 37.2. The highest BCUT2D eigenvalue weighted by molar-refractivity contribution is 6.69. The van der Waals surface area contributed by atoms with E-state index in [0.29, 0.717) is 24.4 Å². The SMILES string of the molecule is CC(=O)OCC[C@H](O[Si](C)(C)C)C1=CC[C@@H]2[C@H]3CC=C4C[C@@H](OC(C)=O)CC[C@]4(C)[C@@H]3CC[C@@]12C. The molecule has 0 unspecified atom stereocenters. The first-order valence-corrected chi connectivity index (χ1v) is 17.1. The summed E-state index contributed by atoms with van der Waals surface area (Å²) in [7, 11) is -1.77. The average molecular weight is 503 g/mol. The number of allylic oxidation sites excluding steroid dienone is 2. The highest BCUT2D eigenvalue weighted by Crippen LogP contribution is 2.65. The van der Waals surface area contributed by atoms with Crippen molar-refractivity contribution in [2.75, 3.05) is 6.61 Å². The average Bonchev–Trinajstić information content (AvgIpc) is 3.09. The van der Waals surface area contributed by atoms with Crippen LogP contribution >= 0.6 is 0 Å². The minimum absolute atomic E-state index is 0.0389. The van der Waals surface area contributed by atoms with Gasteiger partial charge in [0.25, 0.3) is 0 Å². The predicted molar refractivity (Wildman–Crippen MR) is 140 cm³/mol. The van der Waals surface area contributed by atoms with Gasteiger partial charge >= 0.3 is 11.9 Å². The zero-order chi connectivity index (χ0) is 25.6. The second-order valence-electron chi connectivity index (χ2n) is 12.9. The maximum Gasteiger partial charge on any atom is 0.302 e. The van der Waals surface area contributed by atoms with Crippen LogP contribution in [0.4, 0.5) is 0 Å². The van der Waals surface area contributed by atoms with Gasteiger partial charge in [-0.05, 0) is 92.3 Å². The summed E-state index contributed by atoms with van der Waals surface area (Å²) in [5.74, 6) is 1.64. The van der Waals surface area contributed by atoms with Crippen LogP contribution in [0.25, 0.3) is 0 Å². The lowest BCUT2D eigenvalue weighted by molar-refractivity contribution is -0.148. The zero-order valence-electron chi connectivity index (χ0n) is 22.9. The highest BCUT2D eigenvalue weighted by atomic mass is 28.4. The van der Waals surface area contributed by atoms with E-state index in [-0.39, 0.29) is 35.0 Å². The molecule has 35 heavy (non-hydrogen) atoms. The predicted octanol–water partition coefficient (Wildman–Crippen LogP) is 6.59. The standard InChI is InChI=1S/C29H46O5Si/c1-19(30)32-17-14-27(34-35(5,6)7)26-11-10-24-23-9-8-21-18-22(33-20(2)31)12-15-28(21,3)25(23)13-16-29(24,26)4/h8,11,22-25,27H,9-10,12-18H2,1-7H3/t22-,23+,24+,25+,27-,28-,29+/m0/s1. The Labute approximate surface area is 213 Å². The Bertz CT molecular complexity index is 901. The smallest absolute Gasteiger partial charge is 0.302 e. The molecule has 0 aliphatic heterocycles. The van der Waals surface area contributed by atoms with E-state index in [2.05, 4.69) is 45.6 Å². The topological polar surface area (TPSA) is 61.8 Å². The minimum atomic E-state index is -1.77. The molecule has 5 nitrogen and oxygen atoms in total. The van der Waals surface area contributed by atoms with Crippen molar-refractivity contribution in [2.24, 2.45) is 28.6 Å². The van der Waals surface area contributed by atoms with E-state index >= 15 is 0 Å². The van der Waals surface area contributed by atoms with Crippen molar-refractivity contribution in [3.63, 3.8) is 0 Å². The van der Waals surface area contributed by atoms with Gasteiger partial charge in [-0.1, -0.05) is 31.6 Å². The molecule has 0 spiro atoms. The quantitative estimate of drug-likeness (QED) is 0.223. The minimum Gasteiger partial charge on any atom is -0.466 e. The fourth-order valence-corrected chi connectivity index (χ4v) is 9.18. The summed E-state index contributed by atoms with van der Waals surface area (Å²) in [4.78, 5) is 22.9. The molecule has 0 bridgehead atoms. The lowest BCUT2D eigenvalue weighted by Crippen LogP contribution is -2.51. The van der Waals surface area contributed by atoms with Gasteiger partial charge in [0.2, 0.25) is 0 Å². The van der Waals surface area contributed by atoms with Crippen LogP contribution < -0.4 is 0 Å². The molecule has 2 saturated carbocycles. The Morgan fingerprint density at radius 3 is 2.37 bits per heavy atom. The van der Waals surface area contributed by atoms with Gasteiger partial charge in [0.1, 0.15) is 6.10 Å². The van der Waals surface area contributed by atoms with Gasteiger partial charge in [0.05, 0.1) is 12.7 Å². The molecule has 7 atom stereocenters. The van der Waals surface area contributed by atoms with Crippen molar-refractivity contribution in [3.05, 3.63) is 23.3 Å². The molecular weight excluding hydrogens is 456 g/mol. The van der Waals surface area contributed by atoms with Crippen molar-refractivity contribution in [1.29, 1.82) is 0 Å². The molecule has 0 amide bonds. The van der Waals surface area contributed by atoms with Crippen LogP contribution in [0.1, 0.15) is 79.1 Å². The van der Waals surface area contributed by atoms with Gasteiger partial charge in [-0.25, -0.2) is 0 Å². The summed E-state index contributed by atoms with van der Waals surface area (Å²) >= 11 is 0. The number of carbonyl (C=O) groups excluding carboxylic acids is 2. The number of ether oxygens (including phenoxy) is 2. The van der Waals surface area contributed by atoms with Crippen LogP contribution in [0.5, 0.6) is 0 Å². The van der Waals surface area contributed by atoms with Crippen LogP contribution in [0.2, 0.25) is 19.6 Å².